The molecule has 0 spiro atoms. The molecule has 1 aromatic heterocycles. The Morgan fingerprint density at radius 2 is 1.77 bits per heavy atom. The van der Waals surface area contributed by atoms with Crippen molar-refractivity contribution in [2.24, 2.45) is 0 Å². The van der Waals surface area contributed by atoms with Crippen LogP contribution >= 0.6 is 0 Å². The normalized spacial score (nSPS) is 14.5. The van der Waals surface area contributed by atoms with Crippen molar-refractivity contribution in [2.75, 3.05) is 32.6 Å². The fourth-order valence-corrected chi connectivity index (χ4v) is 4.25. The van der Waals surface area contributed by atoms with Gasteiger partial charge in [-0.3, -0.25) is 4.79 Å². The molecule has 0 unspecified atom stereocenters. The van der Waals surface area contributed by atoms with E-state index in [1.165, 1.54) is 0 Å². The van der Waals surface area contributed by atoms with Crippen molar-refractivity contribution in [2.45, 2.75) is 32.2 Å². The molecule has 31 heavy (non-hydrogen) atoms. The molecule has 0 bridgehead atoms. The van der Waals surface area contributed by atoms with E-state index in [4.69, 9.17) is 9.47 Å². The summed E-state index contributed by atoms with van der Waals surface area (Å²) in [6, 6.07) is 16.1. The van der Waals surface area contributed by atoms with Crippen molar-refractivity contribution in [1.29, 1.82) is 0 Å². The number of piperidine rings is 1. The lowest BCUT2D eigenvalue weighted by atomic mass is 10.0. The van der Waals surface area contributed by atoms with Gasteiger partial charge in [-0.05, 0) is 38.0 Å². The summed E-state index contributed by atoms with van der Waals surface area (Å²) in [4.78, 5) is 19.4. The molecule has 162 valence electrons. The maximum absolute atomic E-state index is 12.8. The largest absolute Gasteiger partial charge is 0.496 e. The Morgan fingerprint density at radius 1 is 1.06 bits per heavy atom. The summed E-state index contributed by atoms with van der Waals surface area (Å²) in [5.74, 6) is 1.70. The fourth-order valence-electron chi connectivity index (χ4n) is 4.25. The number of para-hydroxylation sites is 2. The van der Waals surface area contributed by atoms with Crippen molar-refractivity contribution < 1.29 is 14.3 Å². The van der Waals surface area contributed by atoms with Crippen molar-refractivity contribution in [3.8, 4) is 11.5 Å². The molecule has 0 saturated carbocycles. The van der Waals surface area contributed by atoms with Crippen LogP contribution in [-0.4, -0.2) is 49.1 Å². The molecule has 6 heteroatoms. The van der Waals surface area contributed by atoms with Gasteiger partial charge in [-0.2, -0.15) is 0 Å². The minimum atomic E-state index is 0.151. The van der Waals surface area contributed by atoms with E-state index in [-0.39, 0.29) is 5.91 Å². The molecule has 2 heterocycles. The lowest BCUT2D eigenvalue weighted by molar-refractivity contribution is -0.131. The highest BCUT2D eigenvalue weighted by Crippen LogP contribution is 2.31. The second-order valence-corrected chi connectivity index (χ2v) is 7.96. The van der Waals surface area contributed by atoms with Gasteiger partial charge in [-0.25, -0.2) is 4.98 Å². The number of nitrogens with zero attached hydrogens (tertiary/aromatic N) is 2. The number of hydrogen-bond acceptors (Lipinski definition) is 5. The number of methoxy groups -OCH3 is 2. The van der Waals surface area contributed by atoms with Crippen LogP contribution in [-0.2, 0) is 11.2 Å². The number of nitrogens with one attached hydrogen (secondary N) is 1. The van der Waals surface area contributed by atoms with Gasteiger partial charge in [0.15, 0.2) is 0 Å². The molecule has 1 N–H and O–H groups in total. The van der Waals surface area contributed by atoms with Gasteiger partial charge in [-0.1, -0.05) is 30.3 Å². The summed E-state index contributed by atoms with van der Waals surface area (Å²) >= 11 is 0. The first-order valence-corrected chi connectivity index (χ1v) is 10.7. The van der Waals surface area contributed by atoms with Crippen LogP contribution in [0.25, 0.3) is 10.9 Å². The molecule has 1 aliphatic heterocycles. The number of fused-ring (bicyclic) bond motifs is 1. The van der Waals surface area contributed by atoms with E-state index in [0.29, 0.717) is 12.5 Å². The van der Waals surface area contributed by atoms with E-state index in [0.717, 1.165) is 65.3 Å². The molecular weight excluding hydrogens is 390 g/mol. The summed E-state index contributed by atoms with van der Waals surface area (Å²) < 4.78 is 10.9. The minimum Gasteiger partial charge on any atom is -0.496 e. The minimum absolute atomic E-state index is 0.151. The first kappa shape index (κ1) is 21.0. The lowest BCUT2D eigenvalue weighted by Crippen LogP contribution is -2.43. The molecule has 0 radical (unpaired) electrons. The van der Waals surface area contributed by atoms with Gasteiger partial charge in [-0.15, -0.1) is 0 Å². The molecule has 2 aromatic carbocycles. The summed E-state index contributed by atoms with van der Waals surface area (Å²) in [6.45, 7) is 3.49. The van der Waals surface area contributed by atoms with Crippen LogP contribution in [0.5, 0.6) is 11.5 Å². The lowest BCUT2D eigenvalue weighted by Gasteiger charge is -2.33. The Morgan fingerprint density at radius 3 is 2.52 bits per heavy atom. The molecular formula is C25H29N3O3. The number of carbonyl (C=O) groups excluding carboxylic acids is 1. The smallest absolute Gasteiger partial charge is 0.227 e. The number of aryl methyl sites for hydroxylation is 1. The molecule has 1 amide bonds. The number of ether oxygens (including phenoxy) is 2. The summed E-state index contributed by atoms with van der Waals surface area (Å²) in [5, 5.41) is 4.75. The molecule has 1 fully saturated rings. The standard InChI is InChI=1S/C25H29N3O3/c1-17-15-21(20-8-6-10-23(31-3)25(20)26-17)27-19-11-13-28(14-12-19)24(29)16-18-7-4-5-9-22(18)30-2/h4-10,15,19H,11-14,16H2,1-3H3,(H,26,27). The first-order valence-electron chi connectivity index (χ1n) is 10.7. The van der Waals surface area contributed by atoms with Crippen molar-refractivity contribution in [1.82, 2.24) is 9.88 Å². The van der Waals surface area contributed by atoms with Crippen LogP contribution in [0.15, 0.2) is 48.5 Å². The van der Waals surface area contributed by atoms with E-state index in [1.807, 2.05) is 48.2 Å². The van der Waals surface area contributed by atoms with Gasteiger partial charge in [0.2, 0.25) is 5.91 Å². The Balaban J connectivity index is 1.41. The van der Waals surface area contributed by atoms with Crippen LogP contribution in [0.1, 0.15) is 24.1 Å². The summed E-state index contributed by atoms with van der Waals surface area (Å²) in [7, 11) is 3.31. The fraction of sp³-hybridized carbons (Fsp3) is 0.360. The van der Waals surface area contributed by atoms with Crippen LogP contribution in [0.3, 0.4) is 0 Å². The van der Waals surface area contributed by atoms with Gasteiger partial charge >= 0.3 is 0 Å². The number of rotatable bonds is 6. The second-order valence-electron chi connectivity index (χ2n) is 7.96. The Hall–Kier alpha value is -3.28. The van der Waals surface area contributed by atoms with E-state index in [2.05, 4.69) is 22.4 Å². The van der Waals surface area contributed by atoms with Gasteiger partial charge in [0.25, 0.3) is 0 Å². The number of pyridine rings is 1. The number of amides is 1. The molecule has 0 atom stereocenters. The summed E-state index contributed by atoms with van der Waals surface area (Å²) in [6.07, 6.45) is 2.19. The van der Waals surface area contributed by atoms with Gasteiger partial charge in [0, 0.05) is 41.5 Å². The number of carbonyl (C=O) groups is 1. The van der Waals surface area contributed by atoms with E-state index < -0.39 is 0 Å². The number of likely N-dealkylation sites (tertiary alicyclic amines) is 1. The predicted octanol–water partition coefficient (Wildman–Crippen LogP) is 4.21. The Bertz CT molecular complexity index is 1070. The topological polar surface area (TPSA) is 63.7 Å². The van der Waals surface area contributed by atoms with E-state index in [9.17, 15) is 4.79 Å². The Kier molecular flexibility index (Phi) is 6.26. The van der Waals surface area contributed by atoms with Crippen molar-refractivity contribution >= 4 is 22.5 Å². The summed E-state index contributed by atoms with van der Waals surface area (Å²) in [5.41, 5.74) is 3.82. The Labute approximate surface area is 183 Å². The first-order chi connectivity index (χ1) is 15.1. The molecule has 6 nitrogen and oxygen atoms in total. The van der Waals surface area contributed by atoms with Crippen molar-refractivity contribution in [3.63, 3.8) is 0 Å². The zero-order chi connectivity index (χ0) is 21.8. The number of hydrogen-bond donors (Lipinski definition) is 1. The zero-order valence-electron chi connectivity index (χ0n) is 18.4. The average molecular weight is 420 g/mol. The van der Waals surface area contributed by atoms with Crippen LogP contribution in [0.2, 0.25) is 0 Å². The molecule has 1 aliphatic rings. The number of benzene rings is 2. The van der Waals surface area contributed by atoms with Crippen LogP contribution in [0, 0.1) is 6.92 Å². The van der Waals surface area contributed by atoms with Gasteiger partial charge < -0.3 is 19.7 Å². The van der Waals surface area contributed by atoms with Gasteiger partial charge in [0.05, 0.1) is 20.6 Å². The zero-order valence-corrected chi connectivity index (χ0v) is 18.4. The monoisotopic (exact) mass is 419 g/mol. The highest BCUT2D eigenvalue weighted by atomic mass is 16.5. The average Bonchev–Trinajstić information content (AvgIpc) is 2.79. The second kappa shape index (κ2) is 9.25. The number of aromatic nitrogens is 1. The maximum atomic E-state index is 12.8. The van der Waals surface area contributed by atoms with Crippen molar-refractivity contribution in [3.05, 3.63) is 59.8 Å². The van der Waals surface area contributed by atoms with E-state index in [1.54, 1.807) is 14.2 Å². The third kappa shape index (κ3) is 4.58. The third-order valence-electron chi connectivity index (χ3n) is 5.89. The number of anilines is 1. The van der Waals surface area contributed by atoms with Gasteiger partial charge in [0.1, 0.15) is 17.0 Å². The molecule has 3 aromatic rings. The quantitative estimate of drug-likeness (QED) is 0.649. The maximum Gasteiger partial charge on any atom is 0.227 e. The van der Waals surface area contributed by atoms with E-state index >= 15 is 0 Å². The SMILES string of the molecule is COc1ccccc1CC(=O)N1CCC(Nc2cc(C)nc3c(OC)cccc23)CC1. The molecule has 1 saturated heterocycles. The predicted molar refractivity (Wildman–Crippen MR) is 123 cm³/mol. The van der Waals surface area contributed by atoms with Crippen LogP contribution in [0.4, 0.5) is 5.69 Å². The highest BCUT2D eigenvalue weighted by molar-refractivity contribution is 5.95. The van der Waals surface area contributed by atoms with Crippen LogP contribution < -0.4 is 14.8 Å². The molecule has 4 rings (SSSR count). The third-order valence-corrected chi connectivity index (χ3v) is 5.89. The highest BCUT2D eigenvalue weighted by Gasteiger charge is 2.24. The molecule has 0 aliphatic carbocycles.